The predicted octanol–water partition coefficient (Wildman–Crippen LogP) is 2.17. The molecule has 0 unspecified atom stereocenters. The van der Waals surface area contributed by atoms with Crippen LogP contribution in [0.1, 0.15) is 41.0 Å². The summed E-state index contributed by atoms with van der Waals surface area (Å²) in [5.41, 5.74) is 0. The van der Waals surface area contributed by atoms with E-state index < -0.39 is 11.6 Å². The number of esters is 1. The molecule has 0 aromatic rings. The van der Waals surface area contributed by atoms with Gasteiger partial charge in [0.05, 0.1) is 19.3 Å². The summed E-state index contributed by atoms with van der Waals surface area (Å²) in [4.78, 5) is 11.3. The fourth-order valence-electron chi connectivity index (χ4n) is 2.73. The summed E-state index contributed by atoms with van der Waals surface area (Å²) < 4.78 is 28.2. The molecule has 0 aromatic carbocycles. The number of carbonyl (C=O) groups is 1. The number of hydrogen-bond donors (Lipinski definition) is 0. The van der Waals surface area contributed by atoms with E-state index in [0.29, 0.717) is 19.6 Å². The fraction of sp³-hybridized carbons (Fsp3) is 0.812. The van der Waals surface area contributed by atoms with E-state index in [2.05, 4.69) is 0 Å². The highest BCUT2D eigenvalue weighted by Crippen LogP contribution is 2.36. The first-order chi connectivity index (χ1) is 10.2. The van der Waals surface area contributed by atoms with E-state index in [1.165, 1.54) is 6.08 Å². The molecule has 6 nitrogen and oxygen atoms in total. The lowest BCUT2D eigenvalue weighted by Gasteiger charge is -2.23. The average Bonchev–Trinajstić information content (AvgIpc) is 2.89. The van der Waals surface area contributed by atoms with Gasteiger partial charge >= 0.3 is 5.97 Å². The number of carbonyl (C=O) groups excluding carboxylic acids is 1. The van der Waals surface area contributed by atoms with Gasteiger partial charge in [0.1, 0.15) is 12.2 Å². The molecule has 0 aliphatic carbocycles. The molecule has 126 valence electrons. The van der Waals surface area contributed by atoms with Gasteiger partial charge in [-0.15, -0.1) is 0 Å². The molecule has 2 heterocycles. The Morgan fingerprint density at radius 2 is 1.91 bits per heavy atom. The molecule has 2 rings (SSSR count). The van der Waals surface area contributed by atoms with Crippen LogP contribution >= 0.6 is 0 Å². The number of hydrogen-bond acceptors (Lipinski definition) is 6. The summed E-state index contributed by atoms with van der Waals surface area (Å²) in [5, 5.41) is 0. The van der Waals surface area contributed by atoms with Crippen LogP contribution in [0, 0.1) is 0 Å². The van der Waals surface area contributed by atoms with Crippen LogP contribution in [0.3, 0.4) is 0 Å². The molecule has 0 N–H and O–H groups in total. The zero-order valence-corrected chi connectivity index (χ0v) is 14.0. The first-order valence-electron chi connectivity index (χ1n) is 7.73. The van der Waals surface area contributed by atoms with E-state index in [1.807, 2.05) is 27.7 Å². The standard InChI is InChI=1S/C16H26O6/c1-6-18-13(17)9-7-8-11-14(22-16(4,5)20-11)12-10-19-15(2,3)21-12/h7,9,11-12,14H,6,8,10H2,1-5H3/b9-7+/t11-,12-,14+/m0/s1. The molecule has 0 aromatic heterocycles. The smallest absolute Gasteiger partial charge is 0.330 e. The van der Waals surface area contributed by atoms with Gasteiger partial charge in [-0.25, -0.2) is 4.79 Å². The van der Waals surface area contributed by atoms with Crippen LogP contribution in [-0.2, 0) is 28.5 Å². The Kier molecular flexibility index (Phi) is 5.27. The summed E-state index contributed by atoms with van der Waals surface area (Å²) in [6.45, 7) is 10.1. The van der Waals surface area contributed by atoms with Crippen LogP contribution < -0.4 is 0 Å². The fourth-order valence-corrected chi connectivity index (χ4v) is 2.73. The average molecular weight is 314 g/mol. The van der Waals surface area contributed by atoms with Gasteiger partial charge in [0, 0.05) is 6.08 Å². The summed E-state index contributed by atoms with van der Waals surface area (Å²) in [6.07, 6.45) is 3.12. The first kappa shape index (κ1) is 17.4. The minimum absolute atomic E-state index is 0.183. The monoisotopic (exact) mass is 314 g/mol. The molecule has 3 atom stereocenters. The third-order valence-corrected chi connectivity index (χ3v) is 3.53. The van der Waals surface area contributed by atoms with Crippen LogP contribution in [0.5, 0.6) is 0 Å². The third kappa shape index (κ3) is 4.52. The first-order valence-corrected chi connectivity index (χ1v) is 7.73. The highest BCUT2D eigenvalue weighted by molar-refractivity contribution is 5.81. The van der Waals surface area contributed by atoms with Crippen molar-refractivity contribution in [1.29, 1.82) is 0 Å². The molecular weight excluding hydrogens is 288 g/mol. The highest BCUT2D eigenvalue weighted by Gasteiger charge is 2.49. The maximum atomic E-state index is 11.3. The quantitative estimate of drug-likeness (QED) is 0.572. The predicted molar refractivity (Wildman–Crippen MR) is 79.1 cm³/mol. The van der Waals surface area contributed by atoms with Crippen molar-refractivity contribution in [2.45, 2.75) is 70.9 Å². The Morgan fingerprint density at radius 3 is 2.50 bits per heavy atom. The zero-order valence-electron chi connectivity index (χ0n) is 14.0. The molecule has 0 amide bonds. The van der Waals surface area contributed by atoms with Crippen LogP contribution in [0.15, 0.2) is 12.2 Å². The largest absolute Gasteiger partial charge is 0.463 e. The van der Waals surface area contributed by atoms with Gasteiger partial charge in [-0.05, 0) is 41.0 Å². The van der Waals surface area contributed by atoms with Gasteiger partial charge < -0.3 is 23.7 Å². The molecule has 2 saturated heterocycles. The molecular formula is C16H26O6. The number of ether oxygens (including phenoxy) is 5. The van der Waals surface area contributed by atoms with E-state index in [-0.39, 0.29) is 24.3 Å². The van der Waals surface area contributed by atoms with Gasteiger partial charge in [0.2, 0.25) is 0 Å². The van der Waals surface area contributed by atoms with Crippen molar-refractivity contribution in [2.75, 3.05) is 13.2 Å². The lowest BCUT2D eigenvalue weighted by atomic mass is 10.1. The second-order valence-corrected chi connectivity index (χ2v) is 6.40. The Morgan fingerprint density at radius 1 is 1.18 bits per heavy atom. The van der Waals surface area contributed by atoms with E-state index in [0.717, 1.165) is 0 Å². The van der Waals surface area contributed by atoms with Crippen molar-refractivity contribution in [3.63, 3.8) is 0 Å². The van der Waals surface area contributed by atoms with Crippen molar-refractivity contribution in [1.82, 2.24) is 0 Å². The molecule has 2 fully saturated rings. The molecule has 22 heavy (non-hydrogen) atoms. The van der Waals surface area contributed by atoms with Crippen molar-refractivity contribution in [2.24, 2.45) is 0 Å². The molecule has 0 spiro atoms. The lowest BCUT2D eigenvalue weighted by molar-refractivity contribution is -0.174. The van der Waals surface area contributed by atoms with Crippen LogP contribution in [-0.4, -0.2) is 49.1 Å². The number of rotatable bonds is 5. The maximum Gasteiger partial charge on any atom is 0.330 e. The second kappa shape index (κ2) is 6.66. The van der Waals surface area contributed by atoms with Gasteiger partial charge in [-0.3, -0.25) is 0 Å². The SMILES string of the molecule is CCOC(=O)/C=C/C[C@@H]1OC(C)(C)O[C@H]1[C@@H]1COC(C)(C)O1. The Hall–Kier alpha value is -0.950. The topological polar surface area (TPSA) is 63.2 Å². The highest BCUT2D eigenvalue weighted by atomic mass is 16.8. The third-order valence-electron chi connectivity index (χ3n) is 3.53. The Balaban J connectivity index is 1.97. The van der Waals surface area contributed by atoms with Crippen molar-refractivity contribution in [3.8, 4) is 0 Å². The van der Waals surface area contributed by atoms with Crippen LogP contribution in [0.25, 0.3) is 0 Å². The van der Waals surface area contributed by atoms with Crippen LogP contribution in [0.4, 0.5) is 0 Å². The maximum absolute atomic E-state index is 11.3. The van der Waals surface area contributed by atoms with E-state index >= 15 is 0 Å². The van der Waals surface area contributed by atoms with Gasteiger partial charge in [0.25, 0.3) is 0 Å². The van der Waals surface area contributed by atoms with E-state index in [1.54, 1.807) is 13.0 Å². The molecule has 0 saturated carbocycles. The summed E-state index contributed by atoms with van der Waals surface area (Å²) >= 11 is 0. The molecule has 6 heteroatoms. The molecule has 2 aliphatic heterocycles. The zero-order chi connectivity index (χ0) is 16.4. The molecule has 2 aliphatic rings. The van der Waals surface area contributed by atoms with Crippen molar-refractivity contribution >= 4 is 5.97 Å². The Labute approximate surface area is 131 Å². The summed E-state index contributed by atoms with van der Waals surface area (Å²) in [6, 6.07) is 0. The Bertz CT molecular complexity index is 428. The minimum atomic E-state index is -0.677. The lowest BCUT2D eigenvalue weighted by Crippen LogP contribution is -2.38. The van der Waals surface area contributed by atoms with Gasteiger partial charge in [-0.1, -0.05) is 6.08 Å². The summed E-state index contributed by atoms with van der Waals surface area (Å²) in [7, 11) is 0. The second-order valence-electron chi connectivity index (χ2n) is 6.40. The van der Waals surface area contributed by atoms with Crippen molar-refractivity contribution < 1.29 is 28.5 Å². The normalized spacial score (nSPS) is 33.4. The van der Waals surface area contributed by atoms with Gasteiger partial charge in [0.15, 0.2) is 11.6 Å². The molecule has 0 bridgehead atoms. The minimum Gasteiger partial charge on any atom is -0.463 e. The van der Waals surface area contributed by atoms with Gasteiger partial charge in [-0.2, -0.15) is 0 Å². The van der Waals surface area contributed by atoms with E-state index in [9.17, 15) is 4.79 Å². The van der Waals surface area contributed by atoms with E-state index in [4.69, 9.17) is 23.7 Å². The molecule has 0 radical (unpaired) electrons. The summed E-state index contributed by atoms with van der Waals surface area (Å²) in [5.74, 6) is -1.63. The van der Waals surface area contributed by atoms with Crippen molar-refractivity contribution in [3.05, 3.63) is 12.2 Å². The van der Waals surface area contributed by atoms with Crippen LogP contribution in [0.2, 0.25) is 0 Å².